The monoisotopic (exact) mass is 211 g/mol. The van der Waals surface area contributed by atoms with Crippen LogP contribution in [0.3, 0.4) is 0 Å². The summed E-state index contributed by atoms with van der Waals surface area (Å²) in [5.41, 5.74) is 0. The van der Waals surface area contributed by atoms with Crippen LogP contribution in [-0.2, 0) is 9.06 Å². The normalized spacial score (nSPS) is 12.3. The molecule has 0 amide bonds. The Morgan fingerprint density at radius 2 is 1.92 bits per heavy atom. The van der Waals surface area contributed by atoms with Gasteiger partial charge in [0, 0.05) is 6.54 Å². The maximum atomic E-state index is 10.5. The van der Waals surface area contributed by atoms with Gasteiger partial charge in [-0.05, 0) is 24.0 Å². The molecular weight excluding hydrogens is 194 g/mol. The molecule has 3 nitrogen and oxygen atoms in total. The molecule has 0 saturated heterocycles. The minimum absolute atomic E-state index is 0.499. The predicted octanol–water partition coefficient (Wildman–Crippen LogP) is 1.58. The third-order valence-electron chi connectivity index (χ3n) is 1.49. The maximum absolute atomic E-state index is 10.5. The van der Waals surface area contributed by atoms with Crippen molar-refractivity contribution in [2.75, 3.05) is 6.54 Å². The van der Waals surface area contributed by atoms with Crippen molar-refractivity contribution in [3.05, 3.63) is 0 Å². The van der Waals surface area contributed by atoms with Crippen molar-refractivity contribution < 1.29 is 8.42 Å². The summed E-state index contributed by atoms with van der Waals surface area (Å²) >= 11 is 3.36. The van der Waals surface area contributed by atoms with Crippen molar-refractivity contribution in [2.24, 2.45) is 5.92 Å². The Labute approximate surface area is 79.8 Å². The standard InChI is InChI=1S/C7H17NO2S2/c1-7(2)5-3-4-6-8-12(9,10)11/h7-8H,3-6H2,1-2H3,(H,9,10,11). The van der Waals surface area contributed by atoms with E-state index < -0.39 is 9.06 Å². The molecule has 0 radical (unpaired) electrons. The minimum atomic E-state index is -3.28. The second-order valence-electron chi connectivity index (χ2n) is 3.26. The molecule has 0 rings (SSSR count). The lowest BCUT2D eigenvalue weighted by molar-refractivity contribution is 0.533. The molecule has 0 aliphatic heterocycles. The van der Waals surface area contributed by atoms with Crippen molar-refractivity contribution in [1.29, 1.82) is 0 Å². The third-order valence-corrected chi connectivity index (χ3v) is 2.45. The fourth-order valence-electron chi connectivity index (χ4n) is 0.879. The van der Waals surface area contributed by atoms with E-state index in [1.807, 2.05) is 0 Å². The van der Waals surface area contributed by atoms with Crippen LogP contribution in [0.1, 0.15) is 33.1 Å². The van der Waals surface area contributed by atoms with Gasteiger partial charge in [-0.15, -0.1) is 0 Å². The van der Waals surface area contributed by atoms with Gasteiger partial charge in [-0.1, -0.05) is 26.7 Å². The second-order valence-corrected chi connectivity index (χ2v) is 5.94. The van der Waals surface area contributed by atoms with Gasteiger partial charge in [-0.25, -0.2) is 13.1 Å². The Morgan fingerprint density at radius 3 is 2.33 bits per heavy atom. The Hall–Kier alpha value is 0.260. The van der Waals surface area contributed by atoms with Crippen molar-refractivity contribution >= 4 is 20.7 Å². The van der Waals surface area contributed by atoms with E-state index in [9.17, 15) is 8.42 Å². The van der Waals surface area contributed by atoms with Crippen molar-refractivity contribution in [3.8, 4) is 0 Å². The highest BCUT2D eigenvalue weighted by molar-refractivity contribution is 8.62. The first-order chi connectivity index (χ1) is 5.42. The SMILES string of the molecule is CC(C)CCCCNS(=O)(=O)S. The smallest absolute Gasteiger partial charge is 0.206 e. The van der Waals surface area contributed by atoms with E-state index in [1.165, 1.54) is 0 Å². The summed E-state index contributed by atoms with van der Waals surface area (Å²) in [6.07, 6.45) is 3.10. The molecule has 0 aliphatic carbocycles. The van der Waals surface area contributed by atoms with Gasteiger partial charge in [0.25, 0.3) is 9.06 Å². The van der Waals surface area contributed by atoms with Gasteiger partial charge >= 0.3 is 0 Å². The summed E-state index contributed by atoms with van der Waals surface area (Å²) in [5.74, 6) is 0.692. The summed E-state index contributed by atoms with van der Waals surface area (Å²) in [7, 11) is -3.28. The number of hydrogen-bond donors (Lipinski definition) is 2. The summed E-state index contributed by atoms with van der Waals surface area (Å²) in [6, 6.07) is 0. The topological polar surface area (TPSA) is 46.2 Å². The number of thiol groups is 1. The number of rotatable bonds is 6. The molecule has 0 fully saturated rings. The summed E-state index contributed by atoms with van der Waals surface area (Å²) < 4.78 is 23.3. The lowest BCUT2D eigenvalue weighted by atomic mass is 10.1. The zero-order chi connectivity index (χ0) is 9.61. The zero-order valence-electron chi connectivity index (χ0n) is 7.58. The molecule has 1 N–H and O–H groups in total. The predicted molar refractivity (Wildman–Crippen MR) is 54.6 cm³/mol. The average molecular weight is 211 g/mol. The van der Waals surface area contributed by atoms with Gasteiger partial charge in [-0.2, -0.15) is 0 Å². The number of unbranched alkanes of at least 4 members (excludes halogenated alkanes) is 1. The van der Waals surface area contributed by atoms with Crippen LogP contribution in [0.4, 0.5) is 0 Å². The van der Waals surface area contributed by atoms with Crippen molar-refractivity contribution in [2.45, 2.75) is 33.1 Å². The van der Waals surface area contributed by atoms with Gasteiger partial charge in [0.15, 0.2) is 0 Å². The molecule has 5 heteroatoms. The van der Waals surface area contributed by atoms with Gasteiger partial charge in [0.1, 0.15) is 0 Å². The van der Waals surface area contributed by atoms with Crippen molar-refractivity contribution in [3.63, 3.8) is 0 Å². The van der Waals surface area contributed by atoms with Crippen LogP contribution in [0.15, 0.2) is 0 Å². The number of hydrogen-bond acceptors (Lipinski definition) is 2. The average Bonchev–Trinajstić information content (AvgIpc) is 1.83. The van der Waals surface area contributed by atoms with Gasteiger partial charge < -0.3 is 0 Å². The number of nitrogens with one attached hydrogen (secondary N) is 1. The van der Waals surface area contributed by atoms with Gasteiger partial charge in [0.2, 0.25) is 0 Å². The van der Waals surface area contributed by atoms with Crippen LogP contribution in [0.25, 0.3) is 0 Å². The van der Waals surface area contributed by atoms with E-state index in [2.05, 4.69) is 30.2 Å². The first-order valence-electron chi connectivity index (χ1n) is 4.14. The van der Waals surface area contributed by atoms with Crippen molar-refractivity contribution in [1.82, 2.24) is 4.72 Å². The Bertz CT molecular complexity index is 199. The van der Waals surface area contributed by atoms with E-state index in [-0.39, 0.29) is 0 Å². The summed E-state index contributed by atoms with van der Waals surface area (Å²) in [4.78, 5) is 0. The maximum Gasteiger partial charge on any atom is 0.261 e. The highest BCUT2D eigenvalue weighted by Crippen LogP contribution is 2.05. The fraction of sp³-hybridized carbons (Fsp3) is 1.00. The molecule has 74 valence electrons. The van der Waals surface area contributed by atoms with E-state index in [4.69, 9.17) is 0 Å². The van der Waals surface area contributed by atoms with Crippen LogP contribution in [0.2, 0.25) is 0 Å². The highest BCUT2D eigenvalue weighted by Gasteiger charge is 2.00. The Kier molecular flexibility index (Phi) is 5.96. The molecule has 0 bridgehead atoms. The first-order valence-corrected chi connectivity index (χ1v) is 6.67. The van der Waals surface area contributed by atoms with Crippen LogP contribution in [-0.4, -0.2) is 15.0 Å². The molecule has 0 unspecified atom stereocenters. The Morgan fingerprint density at radius 1 is 1.33 bits per heavy atom. The van der Waals surface area contributed by atoms with Crippen LogP contribution in [0.5, 0.6) is 0 Å². The molecular formula is C7H17NO2S2. The van der Waals surface area contributed by atoms with Crippen LogP contribution >= 0.6 is 11.7 Å². The summed E-state index contributed by atoms with van der Waals surface area (Å²) in [5, 5.41) is 0. The third kappa shape index (κ3) is 10.3. The molecule has 0 aromatic rings. The lowest BCUT2D eigenvalue weighted by Crippen LogP contribution is -2.19. The van der Waals surface area contributed by atoms with E-state index in [1.54, 1.807) is 0 Å². The molecule has 0 saturated carbocycles. The zero-order valence-corrected chi connectivity index (χ0v) is 9.29. The largest absolute Gasteiger partial charge is 0.261 e. The van der Waals surface area contributed by atoms with Gasteiger partial charge in [-0.3, -0.25) is 0 Å². The quantitative estimate of drug-likeness (QED) is 0.398. The Balaban J connectivity index is 3.23. The molecule has 0 aliphatic rings. The minimum Gasteiger partial charge on any atom is -0.206 e. The molecule has 0 aromatic heterocycles. The fourth-order valence-corrected chi connectivity index (χ4v) is 1.55. The first kappa shape index (κ1) is 12.3. The molecule has 0 atom stereocenters. The molecule has 0 spiro atoms. The highest BCUT2D eigenvalue weighted by atomic mass is 33.1. The molecule has 12 heavy (non-hydrogen) atoms. The van der Waals surface area contributed by atoms with Crippen LogP contribution < -0.4 is 4.72 Å². The summed E-state index contributed by atoms with van der Waals surface area (Å²) in [6.45, 7) is 4.81. The molecule has 0 aromatic carbocycles. The van der Waals surface area contributed by atoms with E-state index in [0.29, 0.717) is 12.5 Å². The molecule has 0 heterocycles. The van der Waals surface area contributed by atoms with Crippen LogP contribution in [0, 0.1) is 5.92 Å². The van der Waals surface area contributed by atoms with E-state index in [0.717, 1.165) is 19.3 Å². The second kappa shape index (κ2) is 5.83. The van der Waals surface area contributed by atoms with Gasteiger partial charge in [0.05, 0.1) is 0 Å². The lowest BCUT2D eigenvalue weighted by Gasteiger charge is -2.03. The van der Waals surface area contributed by atoms with E-state index >= 15 is 0 Å².